The summed E-state index contributed by atoms with van der Waals surface area (Å²) < 4.78 is 9.44. The maximum atomic E-state index is 12.1. The zero-order valence-electron chi connectivity index (χ0n) is 15.2. The first-order valence-electron chi connectivity index (χ1n) is 9.01. The van der Waals surface area contributed by atoms with Crippen LogP contribution < -0.4 is 11.3 Å². The third-order valence-electron chi connectivity index (χ3n) is 5.13. The lowest BCUT2D eigenvalue weighted by Crippen LogP contribution is -2.19. The Morgan fingerprint density at radius 2 is 2.19 bits per heavy atom. The van der Waals surface area contributed by atoms with E-state index in [9.17, 15) is 4.79 Å². The van der Waals surface area contributed by atoms with Crippen molar-refractivity contribution in [2.75, 3.05) is 13.2 Å². The third kappa shape index (κ3) is 2.95. The number of aryl methyl sites for hydroxylation is 2. The summed E-state index contributed by atoms with van der Waals surface area (Å²) in [5.74, 6) is 1.36. The topological polar surface area (TPSA) is 75.1 Å². The van der Waals surface area contributed by atoms with Crippen LogP contribution in [0.3, 0.4) is 0 Å². The Morgan fingerprint density at radius 1 is 1.35 bits per heavy atom. The number of hydrogen-bond donors (Lipinski definition) is 1. The van der Waals surface area contributed by atoms with Crippen molar-refractivity contribution in [3.8, 4) is 11.4 Å². The number of pyridine rings is 1. The summed E-state index contributed by atoms with van der Waals surface area (Å²) in [5.41, 5.74) is 10.7. The van der Waals surface area contributed by atoms with Gasteiger partial charge in [0.25, 0.3) is 5.56 Å². The lowest BCUT2D eigenvalue weighted by atomic mass is 10.1. The van der Waals surface area contributed by atoms with Crippen molar-refractivity contribution in [2.45, 2.75) is 26.4 Å². The van der Waals surface area contributed by atoms with Crippen LogP contribution in [0.4, 0.5) is 0 Å². The number of aromatic nitrogens is 3. The first-order valence-corrected chi connectivity index (χ1v) is 9.01. The molecule has 0 radical (unpaired) electrons. The summed E-state index contributed by atoms with van der Waals surface area (Å²) in [7, 11) is 1.78. The van der Waals surface area contributed by atoms with E-state index in [1.807, 2.05) is 31.3 Å². The highest BCUT2D eigenvalue weighted by atomic mass is 16.5. The van der Waals surface area contributed by atoms with Gasteiger partial charge in [0.05, 0.1) is 17.6 Å². The lowest BCUT2D eigenvalue weighted by molar-refractivity contribution is 0.183. The minimum Gasteiger partial charge on any atom is -0.381 e. The van der Waals surface area contributed by atoms with Crippen LogP contribution in [-0.2, 0) is 24.9 Å². The molecule has 1 aliphatic rings. The Bertz CT molecular complexity index is 986. The fourth-order valence-electron chi connectivity index (χ4n) is 3.69. The molecule has 4 rings (SSSR count). The highest BCUT2D eigenvalue weighted by molar-refractivity contribution is 5.81. The minimum absolute atomic E-state index is 0.0195. The van der Waals surface area contributed by atoms with E-state index in [-0.39, 0.29) is 5.56 Å². The Labute approximate surface area is 152 Å². The zero-order chi connectivity index (χ0) is 18.3. The third-order valence-corrected chi connectivity index (χ3v) is 5.13. The second kappa shape index (κ2) is 6.70. The molecule has 1 aliphatic heterocycles. The van der Waals surface area contributed by atoms with Crippen molar-refractivity contribution >= 4 is 11.0 Å². The van der Waals surface area contributed by atoms with Gasteiger partial charge in [-0.15, -0.1) is 0 Å². The second-order valence-electron chi connectivity index (χ2n) is 7.13. The molecule has 1 fully saturated rings. The van der Waals surface area contributed by atoms with Crippen LogP contribution >= 0.6 is 0 Å². The number of ether oxygens (including phenoxy) is 1. The van der Waals surface area contributed by atoms with Gasteiger partial charge in [-0.3, -0.25) is 4.79 Å². The van der Waals surface area contributed by atoms with Crippen molar-refractivity contribution in [1.82, 2.24) is 14.1 Å². The quantitative estimate of drug-likeness (QED) is 0.781. The van der Waals surface area contributed by atoms with E-state index in [4.69, 9.17) is 15.5 Å². The lowest BCUT2D eigenvalue weighted by Gasteiger charge is -2.14. The molecular formula is C20H24N4O2. The van der Waals surface area contributed by atoms with Gasteiger partial charge in [-0.2, -0.15) is 0 Å². The Morgan fingerprint density at radius 3 is 2.88 bits per heavy atom. The Balaban J connectivity index is 1.91. The number of hydrogen-bond acceptors (Lipinski definition) is 4. The fourth-order valence-corrected chi connectivity index (χ4v) is 3.69. The molecule has 1 atom stereocenters. The molecule has 6 heteroatoms. The summed E-state index contributed by atoms with van der Waals surface area (Å²) in [6.45, 7) is 4.79. The van der Waals surface area contributed by atoms with Gasteiger partial charge >= 0.3 is 0 Å². The average Bonchev–Trinajstić information content (AvgIpc) is 3.27. The van der Waals surface area contributed by atoms with Crippen molar-refractivity contribution in [3.05, 3.63) is 51.9 Å². The van der Waals surface area contributed by atoms with Gasteiger partial charge < -0.3 is 19.6 Å². The van der Waals surface area contributed by atoms with Crippen LogP contribution in [0.2, 0.25) is 0 Å². The normalized spacial score (nSPS) is 17.3. The van der Waals surface area contributed by atoms with Crippen molar-refractivity contribution in [3.63, 3.8) is 0 Å². The van der Waals surface area contributed by atoms with Gasteiger partial charge in [0.15, 0.2) is 0 Å². The first kappa shape index (κ1) is 17.0. The van der Waals surface area contributed by atoms with Crippen molar-refractivity contribution in [1.29, 1.82) is 0 Å². The van der Waals surface area contributed by atoms with E-state index in [1.54, 1.807) is 11.6 Å². The van der Waals surface area contributed by atoms with E-state index in [1.165, 1.54) is 0 Å². The number of benzene rings is 1. The van der Waals surface area contributed by atoms with Gasteiger partial charge in [0, 0.05) is 50.0 Å². The van der Waals surface area contributed by atoms with E-state index in [2.05, 4.69) is 10.6 Å². The molecule has 136 valence electrons. The fraction of sp³-hybridized carbons (Fsp3) is 0.400. The summed E-state index contributed by atoms with van der Waals surface area (Å²) in [6.07, 6.45) is 2.92. The number of fused-ring (bicyclic) bond motifs is 1. The first-order chi connectivity index (χ1) is 12.6. The molecule has 26 heavy (non-hydrogen) atoms. The SMILES string of the molecule is Cc1cc(-c2nc3ccc(CN)cc3n2CC2CCOC2)cn(C)c1=O. The maximum Gasteiger partial charge on any atom is 0.253 e. The molecule has 2 N–H and O–H groups in total. The highest BCUT2D eigenvalue weighted by Crippen LogP contribution is 2.28. The zero-order valence-corrected chi connectivity index (χ0v) is 15.2. The van der Waals surface area contributed by atoms with Gasteiger partial charge in [-0.1, -0.05) is 6.07 Å². The summed E-state index contributed by atoms with van der Waals surface area (Å²) in [6, 6.07) is 8.09. The van der Waals surface area contributed by atoms with Crippen molar-refractivity contribution < 1.29 is 4.74 Å². The maximum absolute atomic E-state index is 12.1. The molecule has 6 nitrogen and oxygen atoms in total. The van der Waals surface area contributed by atoms with E-state index in [0.29, 0.717) is 12.5 Å². The van der Waals surface area contributed by atoms with Crippen LogP contribution in [0, 0.1) is 12.8 Å². The largest absolute Gasteiger partial charge is 0.381 e. The predicted molar refractivity (Wildman–Crippen MR) is 102 cm³/mol. The van der Waals surface area contributed by atoms with Crippen LogP contribution in [0.25, 0.3) is 22.4 Å². The molecule has 0 bridgehead atoms. The smallest absolute Gasteiger partial charge is 0.253 e. The summed E-state index contributed by atoms with van der Waals surface area (Å²) >= 11 is 0. The number of nitrogens with two attached hydrogens (primary N) is 1. The van der Waals surface area contributed by atoms with Gasteiger partial charge in [0.2, 0.25) is 0 Å². The molecule has 0 amide bonds. The Hall–Kier alpha value is -2.44. The summed E-state index contributed by atoms with van der Waals surface area (Å²) in [4.78, 5) is 17.0. The predicted octanol–water partition coefficient (Wildman–Crippen LogP) is 2.21. The molecular weight excluding hydrogens is 328 g/mol. The molecule has 3 aromatic rings. The molecule has 1 unspecified atom stereocenters. The average molecular weight is 352 g/mol. The van der Waals surface area contributed by atoms with E-state index >= 15 is 0 Å². The standard InChI is InChI=1S/C20H24N4O2/c1-13-7-16(11-23(2)20(13)25)19-22-17-4-3-14(9-21)8-18(17)24(19)10-15-5-6-26-12-15/h3-4,7-8,11,15H,5-6,9-10,12,21H2,1-2H3. The Kier molecular flexibility index (Phi) is 4.38. The highest BCUT2D eigenvalue weighted by Gasteiger charge is 2.21. The molecule has 2 aromatic heterocycles. The molecule has 0 aliphatic carbocycles. The molecule has 3 heterocycles. The molecule has 0 saturated carbocycles. The number of nitrogens with zero attached hydrogens (tertiary/aromatic N) is 3. The molecule has 0 spiro atoms. The molecule has 1 aromatic carbocycles. The van der Waals surface area contributed by atoms with Gasteiger partial charge in [0.1, 0.15) is 5.82 Å². The van der Waals surface area contributed by atoms with E-state index < -0.39 is 0 Å². The monoisotopic (exact) mass is 352 g/mol. The van der Waals surface area contributed by atoms with Crippen LogP contribution in [0.15, 0.2) is 35.3 Å². The second-order valence-corrected chi connectivity index (χ2v) is 7.13. The van der Waals surface area contributed by atoms with Crippen LogP contribution in [0.5, 0.6) is 0 Å². The van der Waals surface area contributed by atoms with Crippen LogP contribution in [-0.4, -0.2) is 27.3 Å². The number of imidazole rings is 1. The van der Waals surface area contributed by atoms with Gasteiger partial charge in [-0.25, -0.2) is 4.98 Å². The van der Waals surface area contributed by atoms with Gasteiger partial charge in [-0.05, 0) is 37.1 Å². The van der Waals surface area contributed by atoms with E-state index in [0.717, 1.165) is 59.7 Å². The molecule has 1 saturated heterocycles. The van der Waals surface area contributed by atoms with Crippen LogP contribution in [0.1, 0.15) is 17.5 Å². The summed E-state index contributed by atoms with van der Waals surface area (Å²) in [5, 5.41) is 0. The number of rotatable bonds is 4. The minimum atomic E-state index is 0.0195. The van der Waals surface area contributed by atoms with Crippen molar-refractivity contribution in [2.24, 2.45) is 18.7 Å².